The molecule has 0 bridgehead atoms. The van der Waals surface area contributed by atoms with Crippen molar-refractivity contribution in [2.24, 2.45) is 5.92 Å². The Labute approximate surface area is 184 Å². The SMILES string of the molecule is O=C(Nc1cc(C(F)(F)F)ccc1N1CCCCC1)C1CCN(C(=O)c2ccoc2)CC1. The molecule has 2 amide bonds. The molecule has 0 spiro atoms. The third-order valence-corrected chi connectivity index (χ3v) is 6.20. The van der Waals surface area contributed by atoms with Crippen LogP contribution in [-0.4, -0.2) is 42.9 Å². The van der Waals surface area contributed by atoms with Crippen LogP contribution in [0.5, 0.6) is 0 Å². The average molecular weight is 449 g/mol. The van der Waals surface area contributed by atoms with Gasteiger partial charge in [-0.3, -0.25) is 9.59 Å². The number of anilines is 2. The van der Waals surface area contributed by atoms with Crippen LogP contribution in [0.2, 0.25) is 0 Å². The molecule has 2 saturated heterocycles. The molecule has 0 saturated carbocycles. The van der Waals surface area contributed by atoms with E-state index in [1.807, 2.05) is 4.90 Å². The number of rotatable bonds is 4. The third kappa shape index (κ3) is 4.92. The van der Waals surface area contributed by atoms with Gasteiger partial charge in [0.25, 0.3) is 5.91 Å². The lowest BCUT2D eigenvalue weighted by molar-refractivity contribution is -0.137. The normalized spacial score (nSPS) is 18.0. The number of halogens is 3. The summed E-state index contributed by atoms with van der Waals surface area (Å²) in [6, 6.07) is 5.14. The largest absolute Gasteiger partial charge is 0.472 e. The summed E-state index contributed by atoms with van der Waals surface area (Å²) < 4.78 is 44.8. The van der Waals surface area contributed by atoms with Crippen molar-refractivity contribution in [1.29, 1.82) is 0 Å². The number of hydrogen-bond donors (Lipinski definition) is 1. The van der Waals surface area contributed by atoms with Gasteiger partial charge >= 0.3 is 6.18 Å². The second-order valence-electron chi connectivity index (χ2n) is 8.35. The van der Waals surface area contributed by atoms with Crippen LogP contribution in [-0.2, 0) is 11.0 Å². The van der Waals surface area contributed by atoms with Crippen molar-refractivity contribution in [3.05, 3.63) is 47.9 Å². The van der Waals surface area contributed by atoms with Crippen molar-refractivity contribution < 1.29 is 27.2 Å². The summed E-state index contributed by atoms with van der Waals surface area (Å²) in [5, 5.41) is 2.76. The maximum absolute atomic E-state index is 13.3. The lowest BCUT2D eigenvalue weighted by Crippen LogP contribution is -2.41. The monoisotopic (exact) mass is 449 g/mol. The molecule has 3 heterocycles. The van der Waals surface area contributed by atoms with Gasteiger partial charge in [0, 0.05) is 32.1 Å². The van der Waals surface area contributed by atoms with E-state index in [9.17, 15) is 22.8 Å². The van der Waals surface area contributed by atoms with Gasteiger partial charge in [-0.25, -0.2) is 0 Å². The van der Waals surface area contributed by atoms with Crippen LogP contribution in [0, 0.1) is 5.92 Å². The molecule has 1 aromatic heterocycles. The summed E-state index contributed by atoms with van der Waals surface area (Å²) in [6.07, 6.45) is 2.27. The molecule has 2 fully saturated rings. The Morgan fingerprint density at radius 1 is 1.00 bits per heavy atom. The lowest BCUT2D eigenvalue weighted by Gasteiger charge is -2.33. The van der Waals surface area contributed by atoms with Gasteiger partial charge in [0.1, 0.15) is 6.26 Å². The predicted molar refractivity (Wildman–Crippen MR) is 113 cm³/mol. The van der Waals surface area contributed by atoms with Crippen LogP contribution in [0.3, 0.4) is 0 Å². The Bertz CT molecular complexity index is 945. The van der Waals surface area contributed by atoms with Crippen molar-refractivity contribution in [3.63, 3.8) is 0 Å². The van der Waals surface area contributed by atoms with Gasteiger partial charge in [-0.05, 0) is 56.4 Å². The predicted octanol–water partition coefficient (Wildman–Crippen LogP) is 4.78. The van der Waals surface area contributed by atoms with E-state index in [0.717, 1.165) is 44.5 Å². The second kappa shape index (κ2) is 9.26. The fraction of sp³-hybridized carbons (Fsp3) is 0.478. The summed E-state index contributed by atoms with van der Waals surface area (Å²) in [4.78, 5) is 29.1. The van der Waals surface area contributed by atoms with Gasteiger partial charge in [0.2, 0.25) is 5.91 Å². The average Bonchev–Trinajstić information content (AvgIpc) is 3.33. The molecule has 4 rings (SSSR count). The first-order chi connectivity index (χ1) is 15.3. The number of carbonyl (C=O) groups excluding carboxylic acids is 2. The van der Waals surface area contributed by atoms with Crippen LogP contribution in [0.25, 0.3) is 0 Å². The van der Waals surface area contributed by atoms with Gasteiger partial charge in [-0.15, -0.1) is 0 Å². The highest BCUT2D eigenvalue weighted by Crippen LogP contribution is 2.37. The Hall–Kier alpha value is -2.97. The number of benzene rings is 1. The zero-order chi connectivity index (χ0) is 22.7. The Kier molecular flexibility index (Phi) is 6.43. The van der Waals surface area contributed by atoms with Crippen LogP contribution in [0.1, 0.15) is 48.0 Å². The minimum atomic E-state index is -4.49. The summed E-state index contributed by atoms with van der Waals surface area (Å²) in [6.45, 7) is 2.32. The second-order valence-corrected chi connectivity index (χ2v) is 8.35. The number of carbonyl (C=O) groups is 2. The van der Waals surface area contributed by atoms with Gasteiger partial charge < -0.3 is 19.5 Å². The van der Waals surface area contributed by atoms with Crippen molar-refractivity contribution in [2.45, 2.75) is 38.3 Å². The Morgan fingerprint density at radius 3 is 2.34 bits per heavy atom. The van der Waals surface area contributed by atoms with E-state index in [1.54, 1.807) is 11.0 Å². The minimum Gasteiger partial charge on any atom is -0.472 e. The molecule has 2 aliphatic rings. The molecule has 32 heavy (non-hydrogen) atoms. The highest BCUT2D eigenvalue weighted by atomic mass is 19.4. The first-order valence-electron chi connectivity index (χ1n) is 10.9. The topological polar surface area (TPSA) is 65.8 Å². The van der Waals surface area contributed by atoms with E-state index in [4.69, 9.17) is 4.42 Å². The molecule has 2 aromatic rings. The van der Waals surface area contributed by atoms with E-state index in [2.05, 4.69) is 5.32 Å². The summed E-state index contributed by atoms with van der Waals surface area (Å²) in [5.74, 6) is -0.826. The third-order valence-electron chi connectivity index (χ3n) is 6.20. The summed E-state index contributed by atoms with van der Waals surface area (Å²) in [5.41, 5.74) is 0.499. The van der Waals surface area contributed by atoms with Crippen molar-refractivity contribution in [2.75, 3.05) is 36.4 Å². The minimum absolute atomic E-state index is 0.150. The standard InChI is InChI=1S/C23H26F3N3O3/c24-23(25,26)18-4-5-20(28-9-2-1-3-10-28)19(14-18)27-21(30)16-6-11-29(12-7-16)22(31)17-8-13-32-15-17/h4-5,8,13-16H,1-3,6-7,9-12H2,(H,27,30). The Morgan fingerprint density at radius 2 is 1.72 bits per heavy atom. The maximum Gasteiger partial charge on any atom is 0.416 e. The Balaban J connectivity index is 1.45. The molecule has 2 aliphatic heterocycles. The molecule has 6 nitrogen and oxygen atoms in total. The molecule has 1 N–H and O–H groups in total. The highest BCUT2D eigenvalue weighted by Gasteiger charge is 2.33. The summed E-state index contributed by atoms with van der Waals surface area (Å²) in [7, 11) is 0. The number of amides is 2. The molecule has 172 valence electrons. The quantitative estimate of drug-likeness (QED) is 0.730. The van der Waals surface area contributed by atoms with E-state index in [1.165, 1.54) is 18.6 Å². The first-order valence-corrected chi connectivity index (χ1v) is 10.9. The number of alkyl halides is 3. The van der Waals surface area contributed by atoms with Crippen molar-refractivity contribution in [1.82, 2.24) is 4.90 Å². The number of likely N-dealkylation sites (tertiary alicyclic amines) is 1. The zero-order valence-corrected chi connectivity index (χ0v) is 17.7. The highest BCUT2D eigenvalue weighted by molar-refractivity contribution is 5.97. The van der Waals surface area contributed by atoms with Crippen LogP contribution in [0.4, 0.5) is 24.5 Å². The smallest absolute Gasteiger partial charge is 0.416 e. The number of hydrogen-bond acceptors (Lipinski definition) is 4. The van der Waals surface area contributed by atoms with E-state index < -0.39 is 11.7 Å². The maximum atomic E-state index is 13.3. The van der Waals surface area contributed by atoms with Gasteiger partial charge in [0.15, 0.2) is 0 Å². The number of furan rings is 1. The molecule has 0 aliphatic carbocycles. The molecule has 0 atom stereocenters. The zero-order valence-electron chi connectivity index (χ0n) is 17.7. The molecule has 0 radical (unpaired) electrons. The van der Waals surface area contributed by atoms with E-state index in [-0.39, 0.29) is 23.4 Å². The lowest BCUT2D eigenvalue weighted by atomic mass is 9.95. The fourth-order valence-electron chi connectivity index (χ4n) is 4.37. The fourth-order valence-corrected chi connectivity index (χ4v) is 4.37. The van der Waals surface area contributed by atoms with Crippen LogP contribution in [0.15, 0.2) is 41.2 Å². The molecule has 1 aromatic carbocycles. The van der Waals surface area contributed by atoms with E-state index >= 15 is 0 Å². The van der Waals surface area contributed by atoms with Gasteiger partial charge in [0.05, 0.1) is 28.8 Å². The van der Waals surface area contributed by atoms with Crippen LogP contribution >= 0.6 is 0 Å². The molecular weight excluding hydrogens is 423 g/mol. The van der Waals surface area contributed by atoms with Gasteiger partial charge in [-0.2, -0.15) is 13.2 Å². The van der Waals surface area contributed by atoms with Crippen molar-refractivity contribution in [3.8, 4) is 0 Å². The van der Waals surface area contributed by atoms with Gasteiger partial charge in [-0.1, -0.05) is 0 Å². The summed E-state index contributed by atoms with van der Waals surface area (Å²) >= 11 is 0. The van der Waals surface area contributed by atoms with E-state index in [0.29, 0.717) is 37.2 Å². The number of nitrogens with one attached hydrogen (secondary N) is 1. The van der Waals surface area contributed by atoms with Crippen molar-refractivity contribution >= 4 is 23.2 Å². The molecule has 0 unspecified atom stereocenters. The number of piperidine rings is 2. The number of nitrogens with zero attached hydrogens (tertiary/aromatic N) is 2. The van der Waals surface area contributed by atoms with Crippen LogP contribution < -0.4 is 10.2 Å². The molecular formula is C23H26F3N3O3. The first kappa shape index (κ1) is 22.2. The molecule has 9 heteroatoms.